The van der Waals surface area contributed by atoms with E-state index in [9.17, 15) is 18.4 Å². The summed E-state index contributed by atoms with van der Waals surface area (Å²) in [7, 11) is 0. The van der Waals surface area contributed by atoms with Crippen molar-refractivity contribution in [3.8, 4) is 0 Å². The smallest absolute Gasteiger partial charge is 0.341 e. The molecule has 0 saturated heterocycles. The van der Waals surface area contributed by atoms with E-state index in [1.165, 1.54) is 24.3 Å². The van der Waals surface area contributed by atoms with Gasteiger partial charge in [-0.15, -0.1) is 0 Å². The van der Waals surface area contributed by atoms with Crippen molar-refractivity contribution in [2.75, 3.05) is 0 Å². The number of carbonyl (C=O) groups excluding carboxylic acids is 1. The average Bonchev–Trinajstić information content (AvgIpc) is 2.34. The number of carboxylic acid groups (broad SMARTS) is 1. The lowest BCUT2D eigenvalue weighted by molar-refractivity contribution is -0.155. The molecule has 6 heteroatoms. The molecule has 20 heavy (non-hydrogen) atoms. The molecule has 0 heterocycles. The molecule has 0 unspecified atom stereocenters. The van der Waals surface area contributed by atoms with E-state index >= 15 is 0 Å². The largest absolute Gasteiger partial charge is 0.477 e. The van der Waals surface area contributed by atoms with E-state index in [-0.39, 0.29) is 5.56 Å². The summed E-state index contributed by atoms with van der Waals surface area (Å²) in [4.78, 5) is 21.3. The Labute approximate surface area is 113 Å². The third-order valence-corrected chi connectivity index (χ3v) is 3.54. The Morgan fingerprint density at radius 2 is 1.85 bits per heavy atom. The minimum atomic E-state index is -2.24. The lowest BCUT2D eigenvalue weighted by Gasteiger charge is -2.40. The zero-order valence-corrected chi connectivity index (χ0v) is 10.4. The van der Waals surface area contributed by atoms with E-state index in [1.807, 2.05) is 0 Å². The molecule has 0 amide bonds. The Morgan fingerprint density at radius 1 is 1.25 bits per heavy atom. The van der Waals surface area contributed by atoms with E-state index in [0.29, 0.717) is 24.9 Å². The molecule has 1 fully saturated rings. The molecule has 0 atom stereocenters. The number of carbonyl (C=O) groups is 2. The predicted octanol–water partition coefficient (Wildman–Crippen LogP) is 2.93. The molecule has 0 bridgehead atoms. The number of ether oxygens (including phenoxy) is 1. The van der Waals surface area contributed by atoms with Crippen molar-refractivity contribution in [2.24, 2.45) is 0 Å². The molecule has 106 valence electrons. The summed E-state index contributed by atoms with van der Waals surface area (Å²) < 4.78 is 30.3. The molecular formula is C14H12F2O4. The predicted molar refractivity (Wildman–Crippen MR) is 65.9 cm³/mol. The maximum Gasteiger partial charge on any atom is 0.341 e. The van der Waals surface area contributed by atoms with Crippen LogP contribution in [0.25, 0.3) is 5.57 Å². The van der Waals surface area contributed by atoms with Gasteiger partial charge >= 0.3 is 5.97 Å². The van der Waals surface area contributed by atoms with E-state index in [0.717, 1.165) is 6.42 Å². The van der Waals surface area contributed by atoms with Gasteiger partial charge in [-0.1, -0.05) is 24.3 Å². The third kappa shape index (κ3) is 2.41. The number of hydrogen-bond donors (Lipinski definition) is 1. The molecule has 1 N–H and O–H groups in total. The van der Waals surface area contributed by atoms with Crippen LogP contribution in [0.4, 0.5) is 8.78 Å². The summed E-state index contributed by atoms with van der Waals surface area (Å²) in [6.45, 7) is 0.372. The third-order valence-electron chi connectivity index (χ3n) is 3.54. The van der Waals surface area contributed by atoms with Gasteiger partial charge in [0.2, 0.25) is 0 Å². The van der Waals surface area contributed by atoms with Gasteiger partial charge in [0, 0.05) is 0 Å². The van der Waals surface area contributed by atoms with E-state index in [2.05, 4.69) is 0 Å². The Hall–Kier alpha value is -2.24. The first-order chi connectivity index (χ1) is 9.50. The van der Waals surface area contributed by atoms with Crippen LogP contribution >= 0.6 is 0 Å². The van der Waals surface area contributed by atoms with Crippen molar-refractivity contribution in [1.29, 1.82) is 0 Å². The van der Waals surface area contributed by atoms with Crippen LogP contribution in [0.3, 0.4) is 0 Å². The number of benzene rings is 1. The van der Waals surface area contributed by atoms with E-state index in [4.69, 9.17) is 9.84 Å². The first-order valence-electron chi connectivity index (χ1n) is 6.01. The van der Waals surface area contributed by atoms with Crippen molar-refractivity contribution in [2.45, 2.75) is 24.9 Å². The molecule has 1 aromatic rings. The van der Waals surface area contributed by atoms with Gasteiger partial charge in [0.1, 0.15) is 11.2 Å². The molecule has 1 aromatic carbocycles. The lowest BCUT2D eigenvalue weighted by atomic mass is 9.74. The second kappa shape index (κ2) is 5.40. The maximum atomic E-state index is 12.6. The van der Waals surface area contributed by atoms with Crippen molar-refractivity contribution >= 4 is 18.0 Å². The zero-order chi connectivity index (χ0) is 14.8. The number of aliphatic carboxylic acids is 1. The van der Waals surface area contributed by atoms with Gasteiger partial charge in [-0.3, -0.25) is 4.79 Å². The minimum absolute atomic E-state index is 0.0816. The number of halogens is 2. The molecule has 2 rings (SSSR count). The van der Waals surface area contributed by atoms with Crippen LogP contribution in [-0.4, -0.2) is 17.5 Å². The summed E-state index contributed by atoms with van der Waals surface area (Å²) in [6.07, 6.45) is 0.0105. The SMILES string of the molecule is O=COC1(c2ccc(C(C(=O)O)=C(F)F)cc2)CCC1. The standard InChI is InChI=1S/C14H12F2O4/c15-12(16)11(13(18)19)9-2-4-10(5-3-9)14(20-8-17)6-1-7-14/h2-5,8H,1,6-7H2,(H,18,19). The van der Waals surface area contributed by atoms with Gasteiger partial charge in [-0.2, -0.15) is 8.78 Å². The molecule has 0 aliphatic heterocycles. The van der Waals surface area contributed by atoms with Crippen LogP contribution in [0, 0.1) is 0 Å². The number of rotatable bonds is 5. The van der Waals surface area contributed by atoms with Crippen LogP contribution in [0.1, 0.15) is 30.4 Å². The van der Waals surface area contributed by atoms with Gasteiger partial charge in [-0.25, -0.2) is 4.79 Å². The van der Waals surface area contributed by atoms with E-state index in [1.54, 1.807) is 0 Å². The fourth-order valence-corrected chi connectivity index (χ4v) is 2.32. The van der Waals surface area contributed by atoms with Crippen LogP contribution in [-0.2, 0) is 19.9 Å². The van der Waals surface area contributed by atoms with E-state index < -0.39 is 23.2 Å². The van der Waals surface area contributed by atoms with Gasteiger partial charge in [0.15, 0.2) is 0 Å². The lowest BCUT2D eigenvalue weighted by Crippen LogP contribution is -2.36. The molecule has 1 saturated carbocycles. The van der Waals surface area contributed by atoms with Gasteiger partial charge in [0.25, 0.3) is 12.6 Å². The highest BCUT2D eigenvalue weighted by Gasteiger charge is 2.40. The zero-order valence-electron chi connectivity index (χ0n) is 10.4. The molecule has 0 spiro atoms. The Balaban J connectivity index is 2.33. The van der Waals surface area contributed by atoms with Gasteiger partial charge < -0.3 is 9.84 Å². The average molecular weight is 282 g/mol. The molecule has 0 radical (unpaired) electrons. The molecule has 4 nitrogen and oxygen atoms in total. The second-order valence-electron chi connectivity index (χ2n) is 4.58. The summed E-state index contributed by atoms with van der Waals surface area (Å²) in [5.41, 5.74) is -1.11. The summed E-state index contributed by atoms with van der Waals surface area (Å²) in [5, 5.41) is 8.76. The highest BCUT2D eigenvalue weighted by molar-refractivity contribution is 6.15. The Kier molecular flexibility index (Phi) is 3.83. The monoisotopic (exact) mass is 282 g/mol. The number of carboxylic acids is 1. The summed E-state index contributed by atoms with van der Waals surface area (Å²) in [5.74, 6) is -1.68. The molecule has 1 aliphatic carbocycles. The maximum absolute atomic E-state index is 12.6. The van der Waals surface area contributed by atoms with Crippen LogP contribution in [0.15, 0.2) is 30.3 Å². The van der Waals surface area contributed by atoms with Crippen molar-refractivity contribution in [1.82, 2.24) is 0 Å². The highest BCUT2D eigenvalue weighted by Crippen LogP contribution is 2.44. The Bertz CT molecular complexity index is 555. The minimum Gasteiger partial charge on any atom is -0.477 e. The van der Waals surface area contributed by atoms with Crippen LogP contribution in [0.2, 0.25) is 0 Å². The van der Waals surface area contributed by atoms with Crippen molar-refractivity contribution < 1.29 is 28.2 Å². The first-order valence-corrected chi connectivity index (χ1v) is 6.01. The molecule has 0 aromatic heterocycles. The highest BCUT2D eigenvalue weighted by atomic mass is 19.3. The quantitative estimate of drug-likeness (QED) is 0.666. The topological polar surface area (TPSA) is 63.6 Å². The van der Waals surface area contributed by atoms with Crippen molar-refractivity contribution in [3.63, 3.8) is 0 Å². The van der Waals surface area contributed by atoms with Gasteiger partial charge in [0.05, 0.1) is 0 Å². The van der Waals surface area contributed by atoms with Gasteiger partial charge in [-0.05, 0) is 30.4 Å². The number of hydrogen-bond acceptors (Lipinski definition) is 3. The van der Waals surface area contributed by atoms with Crippen LogP contribution in [0.5, 0.6) is 0 Å². The normalized spacial score (nSPS) is 15.9. The summed E-state index contributed by atoms with van der Waals surface area (Å²) in [6, 6.07) is 5.63. The van der Waals surface area contributed by atoms with Crippen LogP contribution < -0.4 is 0 Å². The Morgan fingerprint density at radius 3 is 2.20 bits per heavy atom. The fraction of sp³-hybridized carbons (Fsp3) is 0.286. The summed E-state index contributed by atoms with van der Waals surface area (Å²) >= 11 is 0. The molecular weight excluding hydrogens is 270 g/mol. The second-order valence-corrected chi connectivity index (χ2v) is 4.58. The molecule has 1 aliphatic rings. The fourth-order valence-electron chi connectivity index (χ4n) is 2.32. The first kappa shape index (κ1) is 14.2. The van der Waals surface area contributed by atoms with Crippen molar-refractivity contribution in [3.05, 3.63) is 41.5 Å².